The predicted octanol–water partition coefficient (Wildman–Crippen LogP) is 1.98. The lowest BCUT2D eigenvalue weighted by molar-refractivity contribution is 0.0790. The number of methoxy groups -OCH3 is 1. The smallest absolute Gasteiger partial charge is 0.271 e. The van der Waals surface area contributed by atoms with Crippen molar-refractivity contribution in [3.8, 4) is 17.2 Å². The van der Waals surface area contributed by atoms with Crippen LogP contribution in [-0.2, 0) is 16.6 Å². The van der Waals surface area contributed by atoms with Crippen molar-refractivity contribution in [2.24, 2.45) is 5.10 Å². The van der Waals surface area contributed by atoms with Crippen molar-refractivity contribution in [3.05, 3.63) is 103 Å². The molecule has 4 aromatic rings. The number of amides is 1. The fraction of sp³-hybridized carbons (Fsp3) is 0.125. The summed E-state index contributed by atoms with van der Waals surface area (Å²) in [6.07, 6.45) is 4.75. The van der Waals surface area contributed by atoms with Crippen molar-refractivity contribution in [1.82, 2.24) is 15.4 Å². The number of aryl methyl sites for hydroxylation is 1. The van der Waals surface area contributed by atoms with Gasteiger partial charge < -0.3 is 25.0 Å². The van der Waals surface area contributed by atoms with Crippen LogP contribution in [0, 0.1) is 0 Å². The van der Waals surface area contributed by atoms with Crippen molar-refractivity contribution >= 4 is 46.0 Å². The number of allylic oxidation sites excluding steroid dienone is 2. The molecule has 0 radical (unpaired) electrons. The second-order valence-electron chi connectivity index (χ2n) is 10.9. The highest BCUT2D eigenvalue weighted by Gasteiger charge is 2.61. The van der Waals surface area contributed by atoms with Crippen molar-refractivity contribution in [3.63, 3.8) is 0 Å². The normalized spacial score (nSPS) is 18.2. The van der Waals surface area contributed by atoms with E-state index in [0.717, 1.165) is 13.2 Å². The van der Waals surface area contributed by atoms with E-state index in [1.165, 1.54) is 42.9 Å². The van der Waals surface area contributed by atoms with Gasteiger partial charge in [0.25, 0.3) is 11.5 Å². The number of phenols is 3. The summed E-state index contributed by atoms with van der Waals surface area (Å²) in [6, 6.07) is 5.97. The number of aromatic hydroxyl groups is 3. The Morgan fingerprint density at radius 1 is 0.978 bits per heavy atom. The maximum absolute atomic E-state index is 14.1. The molecular weight excluding hydrogens is 600 g/mol. The van der Waals surface area contributed by atoms with E-state index in [-0.39, 0.29) is 34.9 Å². The molecule has 0 fully saturated rings. The first kappa shape index (κ1) is 28.3. The number of carbonyl (C=O) groups excluding carboxylic acids is 5. The lowest BCUT2D eigenvalue weighted by atomic mass is 9.76. The maximum atomic E-state index is 14.1. The summed E-state index contributed by atoms with van der Waals surface area (Å²) >= 11 is 0. The molecule has 0 saturated carbocycles. The molecule has 7 rings (SSSR count). The van der Waals surface area contributed by atoms with Crippen LogP contribution in [0.1, 0.15) is 75.0 Å². The highest BCUT2D eigenvalue weighted by atomic mass is 16.5. The van der Waals surface area contributed by atoms with E-state index in [4.69, 9.17) is 4.74 Å². The van der Waals surface area contributed by atoms with Crippen molar-refractivity contribution in [2.75, 3.05) is 7.11 Å². The molecule has 3 aliphatic carbocycles. The number of Topliss-reactive ketones (excluding diaryl/α,β-unsaturated/α-hetero) is 3. The molecule has 14 heteroatoms. The molecule has 0 saturated heterocycles. The lowest BCUT2D eigenvalue weighted by Gasteiger charge is -2.22. The van der Waals surface area contributed by atoms with Crippen LogP contribution in [0.3, 0.4) is 0 Å². The molecular formula is C32H20N4O10. The minimum Gasteiger partial charge on any atom is -0.507 e. The molecule has 14 nitrogen and oxygen atoms in total. The van der Waals surface area contributed by atoms with Gasteiger partial charge >= 0.3 is 0 Å². The van der Waals surface area contributed by atoms with Crippen LogP contribution >= 0.6 is 0 Å². The van der Waals surface area contributed by atoms with E-state index < -0.39 is 85.3 Å². The molecule has 1 unspecified atom stereocenters. The van der Waals surface area contributed by atoms with Gasteiger partial charge in [-0.15, -0.1) is 0 Å². The van der Waals surface area contributed by atoms with Gasteiger partial charge in [-0.2, -0.15) is 5.10 Å². The molecule has 2 aromatic heterocycles. The van der Waals surface area contributed by atoms with Gasteiger partial charge in [0.15, 0.2) is 23.1 Å². The Balaban J connectivity index is 1.32. The van der Waals surface area contributed by atoms with Crippen LogP contribution in [-0.4, -0.2) is 67.7 Å². The Kier molecular flexibility index (Phi) is 6.03. The maximum Gasteiger partial charge on any atom is 0.271 e. The van der Waals surface area contributed by atoms with Crippen LogP contribution in [0.15, 0.2) is 58.4 Å². The number of fused-ring (bicyclic) bond motifs is 5. The van der Waals surface area contributed by atoms with E-state index in [9.17, 15) is 44.1 Å². The summed E-state index contributed by atoms with van der Waals surface area (Å²) in [5, 5.41) is 37.6. The van der Waals surface area contributed by atoms with Gasteiger partial charge in [-0.1, -0.05) is 6.07 Å². The SMILES string of the molecule is COC1=CC(=O)c2c(O)c3c(c(O)c2C1=O)C(=O)C1(CCc2cc4cc(C=NNC(=O)c5ccncc5)[nH]c(=O)c4c(O)c21)C3=O. The molecule has 3 aliphatic rings. The molecule has 1 atom stereocenters. The standard InChI is InChI=1S/C32H20N4O10/c1-46-17-10-16(37)19-20(24(17)38)26(40)22-21(25(19)39)28(42)32(29(22)43)5-2-13-8-14-9-15(35-31(45)18(14)27(41)23(13)32)11-34-36-30(44)12-3-6-33-7-4-12/h3-4,6-11,39-41H,2,5H2,1H3,(H,35,45)(H,36,44). The second-order valence-corrected chi connectivity index (χ2v) is 10.9. The predicted molar refractivity (Wildman–Crippen MR) is 158 cm³/mol. The summed E-state index contributed by atoms with van der Waals surface area (Å²) in [5.41, 5.74) is -2.63. The first-order valence-corrected chi connectivity index (χ1v) is 13.7. The number of phenolic OH excluding ortho intramolecular Hbond substituents is 3. The molecule has 5 N–H and O–H groups in total. The summed E-state index contributed by atoms with van der Waals surface area (Å²) in [5.74, 6) is -7.43. The zero-order valence-corrected chi connectivity index (χ0v) is 23.6. The van der Waals surface area contributed by atoms with Crippen LogP contribution < -0.4 is 11.0 Å². The van der Waals surface area contributed by atoms with Crippen molar-refractivity contribution in [2.45, 2.75) is 18.3 Å². The number of aromatic nitrogens is 2. The molecule has 0 aliphatic heterocycles. The topological polar surface area (TPSA) is 225 Å². The van der Waals surface area contributed by atoms with E-state index in [2.05, 4.69) is 20.5 Å². The van der Waals surface area contributed by atoms with Gasteiger partial charge in [0.05, 0.1) is 46.7 Å². The minimum absolute atomic E-state index is 0.0803. The quantitative estimate of drug-likeness (QED) is 0.0959. The number of pyridine rings is 2. The fourth-order valence-corrected chi connectivity index (χ4v) is 6.56. The number of hydrogen-bond donors (Lipinski definition) is 5. The number of nitrogens with zero attached hydrogens (tertiary/aromatic N) is 2. The first-order valence-electron chi connectivity index (χ1n) is 13.7. The highest BCUT2D eigenvalue weighted by molar-refractivity contribution is 6.38. The second kappa shape index (κ2) is 9.79. The molecule has 2 heterocycles. The summed E-state index contributed by atoms with van der Waals surface area (Å²) in [4.78, 5) is 85.8. The van der Waals surface area contributed by atoms with Crippen LogP contribution in [0.5, 0.6) is 17.2 Å². The number of nitrogens with one attached hydrogen (secondary N) is 2. The Morgan fingerprint density at radius 3 is 2.33 bits per heavy atom. The van der Waals surface area contributed by atoms with E-state index in [0.29, 0.717) is 11.1 Å². The van der Waals surface area contributed by atoms with Gasteiger partial charge in [0.2, 0.25) is 5.78 Å². The number of ether oxygens (including phenoxy) is 1. The zero-order chi connectivity index (χ0) is 32.7. The Bertz CT molecular complexity index is 2270. The lowest BCUT2D eigenvalue weighted by Crippen LogP contribution is -2.36. The van der Waals surface area contributed by atoms with Gasteiger partial charge in [-0.05, 0) is 42.0 Å². The fourth-order valence-electron chi connectivity index (χ4n) is 6.56. The third-order valence-corrected chi connectivity index (χ3v) is 8.57. The van der Waals surface area contributed by atoms with Gasteiger partial charge in [0.1, 0.15) is 22.7 Å². The largest absolute Gasteiger partial charge is 0.507 e. The van der Waals surface area contributed by atoms with Crippen LogP contribution in [0.4, 0.5) is 0 Å². The third-order valence-electron chi connectivity index (χ3n) is 8.57. The summed E-state index contributed by atoms with van der Waals surface area (Å²) in [6.45, 7) is 0. The van der Waals surface area contributed by atoms with Gasteiger partial charge in [-0.25, -0.2) is 5.43 Å². The number of aromatic amines is 1. The number of rotatable bonds is 4. The molecule has 1 amide bonds. The number of hydrazone groups is 1. The highest BCUT2D eigenvalue weighted by Crippen LogP contribution is 2.57. The van der Waals surface area contributed by atoms with E-state index in [1.54, 1.807) is 0 Å². The monoisotopic (exact) mass is 620 g/mol. The van der Waals surface area contributed by atoms with Crippen LogP contribution in [0.2, 0.25) is 0 Å². The molecule has 228 valence electrons. The molecule has 2 aromatic carbocycles. The average Bonchev–Trinajstić information content (AvgIpc) is 3.53. The van der Waals surface area contributed by atoms with Gasteiger partial charge in [-0.3, -0.25) is 33.8 Å². The zero-order valence-electron chi connectivity index (χ0n) is 23.6. The number of ketones is 4. The Hall–Kier alpha value is -6.44. The summed E-state index contributed by atoms with van der Waals surface area (Å²) in [7, 11) is 1.12. The van der Waals surface area contributed by atoms with Gasteiger partial charge in [0, 0.05) is 29.6 Å². The number of H-pyrrole nitrogens is 1. The average molecular weight is 621 g/mol. The van der Waals surface area contributed by atoms with Crippen molar-refractivity contribution < 1.29 is 44.0 Å². The molecule has 0 bridgehead atoms. The van der Waals surface area contributed by atoms with E-state index in [1.807, 2.05) is 0 Å². The number of benzene rings is 2. The summed E-state index contributed by atoms with van der Waals surface area (Å²) < 4.78 is 4.91. The third kappa shape index (κ3) is 3.63. The number of carbonyl (C=O) groups is 5. The molecule has 46 heavy (non-hydrogen) atoms. The minimum atomic E-state index is -2.15. The molecule has 1 spiro atoms. The van der Waals surface area contributed by atoms with E-state index >= 15 is 0 Å². The first-order chi connectivity index (χ1) is 22.0. The number of hydrogen-bond acceptors (Lipinski definition) is 12. The van der Waals surface area contributed by atoms with Crippen LogP contribution in [0.25, 0.3) is 10.8 Å². The Labute approximate surface area is 256 Å². The Morgan fingerprint density at radius 2 is 1.65 bits per heavy atom. The van der Waals surface area contributed by atoms with Crippen molar-refractivity contribution in [1.29, 1.82) is 0 Å².